The molecule has 0 bridgehead atoms. The van der Waals surface area contributed by atoms with Crippen molar-refractivity contribution in [3.05, 3.63) is 0 Å². The molecule has 14 heavy (non-hydrogen) atoms. The number of carbonyl (C=O) groups is 3. The van der Waals surface area contributed by atoms with Crippen molar-refractivity contribution >= 4 is 28.2 Å². The lowest BCUT2D eigenvalue weighted by Gasteiger charge is -1.59. The zero-order valence-electron chi connectivity index (χ0n) is 9.07. The van der Waals surface area contributed by atoms with E-state index >= 15 is 0 Å². The van der Waals surface area contributed by atoms with Gasteiger partial charge >= 0.3 is 0 Å². The molecule has 0 rings (SSSR count). The van der Waals surface area contributed by atoms with Crippen LogP contribution < -0.4 is 0 Å². The van der Waals surface area contributed by atoms with Crippen LogP contribution in [0.15, 0.2) is 0 Å². The number of rotatable bonds is 0. The summed E-state index contributed by atoms with van der Waals surface area (Å²) in [7, 11) is 1.31. The summed E-state index contributed by atoms with van der Waals surface area (Å²) in [6.45, 7) is 5.39. The summed E-state index contributed by atoms with van der Waals surface area (Å²) in [5, 5.41) is 22.2. The highest BCUT2D eigenvalue weighted by Gasteiger charge is 1.66. The monoisotopic (exact) mass is 226 g/mol. The van der Waals surface area contributed by atoms with E-state index in [1.807, 2.05) is 0 Å². The molecule has 0 aromatic rings. The fourth-order valence-electron chi connectivity index (χ4n) is 0. The minimum absolute atomic E-state index is 0.833. The van der Waals surface area contributed by atoms with Gasteiger partial charge in [0, 0.05) is 20.8 Å². The van der Waals surface area contributed by atoms with Crippen LogP contribution in [-0.2, 0) is 14.4 Å². The van der Waals surface area contributed by atoms with E-state index in [1.165, 1.54) is 10.2 Å². The fraction of sp³-hybridized carbons (Fsp3) is 0.571. The maximum atomic E-state index is 9.00. The van der Waals surface area contributed by atoms with Crippen LogP contribution in [0.25, 0.3) is 0 Å². The van der Waals surface area contributed by atoms with E-state index < -0.39 is 17.9 Å². The van der Waals surface area contributed by atoms with Crippen molar-refractivity contribution in [2.24, 2.45) is 0 Å². The molecule has 0 saturated carbocycles. The molecule has 0 atom stereocenters. The van der Waals surface area contributed by atoms with E-state index in [1.54, 1.807) is 0 Å². The van der Waals surface area contributed by atoms with Crippen LogP contribution in [-0.4, -0.2) is 43.5 Å². The Morgan fingerprint density at radius 2 is 0.714 bits per heavy atom. The van der Waals surface area contributed by atoms with E-state index in [9.17, 15) is 0 Å². The van der Waals surface area contributed by atoms with Gasteiger partial charge in [0.15, 0.2) is 0 Å². The Morgan fingerprint density at radius 3 is 0.714 bits per heavy atom. The van der Waals surface area contributed by atoms with E-state index in [-0.39, 0.29) is 0 Å². The number of aliphatic carboxylic acids is 3. The van der Waals surface area contributed by atoms with Crippen LogP contribution >= 0.6 is 0 Å². The minimum atomic E-state index is -0.833. The highest BCUT2D eigenvalue weighted by molar-refractivity contribution is 6.05. The molecule has 7 heteroatoms. The predicted molar refractivity (Wildman–Crippen MR) is 55.7 cm³/mol. The lowest BCUT2D eigenvalue weighted by Crippen LogP contribution is -1.78. The van der Waals surface area contributed by atoms with E-state index in [2.05, 4.69) is 6.55 Å². The number of hydrogen-bond acceptors (Lipinski definition) is 3. The predicted octanol–water partition coefficient (Wildman–Crippen LogP) is -0.327. The zero-order chi connectivity index (χ0) is 12.7. The zero-order valence-corrected chi connectivity index (χ0v) is 11.1. The number of carboxylic acids is 3. The summed E-state index contributed by atoms with van der Waals surface area (Å²) in [6, 6.07) is 0. The Bertz CT molecular complexity index is 116. The molecular formula is C7H18O6Si. The summed E-state index contributed by atoms with van der Waals surface area (Å²) in [4.78, 5) is 27.0. The topological polar surface area (TPSA) is 112 Å². The molecule has 0 heterocycles. The standard InChI is InChI=1S/3C2H4O2.CH6Si/c3*1-2(3)4;1-2/h3*1H3,(H,3,4);1-2H3. The van der Waals surface area contributed by atoms with Gasteiger partial charge in [-0.05, 0) is 10.2 Å². The fourth-order valence-corrected chi connectivity index (χ4v) is 0. The average Bonchev–Trinajstić information content (AvgIpc) is 1.86. The van der Waals surface area contributed by atoms with Gasteiger partial charge in [-0.25, -0.2) is 0 Å². The summed E-state index contributed by atoms with van der Waals surface area (Å²) in [6.07, 6.45) is 0. The molecule has 0 aromatic carbocycles. The van der Waals surface area contributed by atoms with Gasteiger partial charge in [0.25, 0.3) is 17.9 Å². The quantitative estimate of drug-likeness (QED) is 0.488. The first-order chi connectivity index (χ1) is 6.20. The van der Waals surface area contributed by atoms with Crippen molar-refractivity contribution in [1.29, 1.82) is 0 Å². The largest absolute Gasteiger partial charge is 0.481 e. The molecule has 0 aliphatic carbocycles. The van der Waals surface area contributed by atoms with Gasteiger partial charge in [0.2, 0.25) is 0 Å². The lowest BCUT2D eigenvalue weighted by molar-refractivity contribution is -0.135. The van der Waals surface area contributed by atoms with Crippen molar-refractivity contribution in [2.75, 3.05) is 0 Å². The van der Waals surface area contributed by atoms with Crippen LogP contribution in [0.1, 0.15) is 20.8 Å². The van der Waals surface area contributed by atoms with Crippen molar-refractivity contribution in [3.63, 3.8) is 0 Å². The third kappa shape index (κ3) is 522. The van der Waals surface area contributed by atoms with Crippen LogP contribution in [0.5, 0.6) is 0 Å². The van der Waals surface area contributed by atoms with Crippen LogP contribution in [0.4, 0.5) is 0 Å². The molecule has 3 N–H and O–H groups in total. The Balaban J connectivity index is -0.0000000492. The first-order valence-electron chi connectivity index (χ1n) is 3.78. The van der Waals surface area contributed by atoms with Gasteiger partial charge in [0.05, 0.1) is 0 Å². The second-order valence-electron chi connectivity index (χ2n) is 1.56. The molecule has 0 unspecified atom stereocenters. The van der Waals surface area contributed by atoms with Crippen LogP contribution in [0.2, 0.25) is 6.55 Å². The molecule has 0 amide bonds. The summed E-state index contributed by atoms with van der Waals surface area (Å²) >= 11 is 0. The maximum Gasteiger partial charge on any atom is 0.300 e. The second-order valence-corrected chi connectivity index (χ2v) is 1.56. The van der Waals surface area contributed by atoms with Crippen LogP contribution in [0.3, 0.4) is 0 Å². The smallest absolute Gasteiger partial charge is 0.300 e. The Morgan fingerprint density at radius 1 is 0.714 bits per heavy atom. The molecule has 0 aromatic heterocycles. The second kappa shape index (κ2) is 22.6. The van der Waals surface area contributed by atoms with E-state index in [4.69, 9.17) is 29.7 Å². The van der Waals surface area contributed by atoms with E-state index in [0.29, 0.717) is 0 Å². The Hall–Kier alpha value is -1.37. The first kappa shape index (κ1) is 22.9. The molecular weight excluding hydrogens is 208 g/mol. The van der Waals surface area contributed by atoms with Gasteiger partial charge in [0.1, 0.15) is 0 Å². The molecule has 0 aliphatic rings. The highest BCUT2D eigenvalue weighted by atomic mass is 28.1. The molecule has 6 nitrogen and oxygen atoms in total. The maximum absolute atomic E-state index is 9.00. The Kier molecular flexibility index (Phi) is 37.0. The van der Waals surface area contributed by atoms with Crippen molar-refractivity contribution in [3.8, 4) is 0 Å². The third-order valence-corrected chi connectivity index (χ3v) is 0. The summed E-state index contributed by atoms with van der Waals surface area (Å²) in [5.41, 5.74) is 0. The first-order valence-corrected chi connectivity index (χ1v) is 5.78. The number of hydrogen-bond donors (Lipinski definition) is 3. The van der Waals surface area contributed by atoms with Crippen molar-refractivity contribution in [1.82, 2.24) is 0 Å². The van der Waals surface area contributed by atoms with Crippen molar-refractivity contribution in [2.45, 2.75) is 27.3 Å². The van der Waals surface area contributed by atoms with Gasteiger partial charge in [-0.1, -0.05) is 6.55 Å². The Labute approximate surface area is 86.0 Å². The molecule has 0 radical (unpaired) electrons. The van der Waals surface area contributed by atoms with Crippen LogP contribution in [0, 0.1) is 0 Å². The van der Waals surface area contributed by atoms with Gasteiger partial charge in [-0.2, -0.15) is 0 Å². The lowest BCUT2D eigenvalue weighted by atomic mass is 10.9. The highest BCUT2D eigenvalue weighted by Crippen LogP contribution is 1.42. The molecule has 0 saturated heterocycles. The minimum Gasteiger partial charge on any atom is -0.481 e. The molecule has 0 aliphatic heterocycles. The normalized spacial score (nSPS) is 6.00. The summed E-state index contributed by atoms with van der Waals surface area (Å²) < 4.78 is 0. The van der Waals surface area contributed by atoms with E-state index in [0.717, 1.165) is 20.8 Å². The summed E-state index contributed by atoms with van der Waals surface area (Å²) in [5.74, 6) is -2.50. The third-order valence-electron chi connectivity index (χ3n) is 0. The van der Waals surface area contributed by atoms with Gasteiger partial charge in [-0.15, -0.1) is 0 Å². The average molecular weight is 226 g/mol. The van der Waals surface area contributed by atoms with Gasteiger partial charge < -0.3 is 15.3 Å². The molecule has 0 spiro atoms. The SMILES string of the molecule is CC(=O)O.CC(=O)O.CC(=O)O.C[SiH3]. The molecule has 86 valence electrons. The molecule has 0 fully saturated rings. The van der Waals surface area contributed by atoms with Gasteiger partial charge in [-0.3, -0.25) is 14.4 Å². The van der Waals surface area contributed by atoms with Crippen molar-refractivity contribution < 1.29 is 29.7 Å². The number of carboxylic acid groups (broad SMARTS) is 3.